The summed E-state index contributed by atoms with van der Waals surface area (Å²) in [5.74, 6) is 0. The number of thioether (sulfide) groups is 1. The SMILES string of the molecule is N#CCC(Sc1ccc(Br)cn1)c1ccccc1. The molecular weight excluding hydrogens is 308 g/mol. The van der Waals surface area contributed by atoms with Gasteiger partial charge in [0.2, 0.25) is 0 Å². The zero-order valence-corrected chi connectivity index (χ0v) is 12.0. The van der Waals surface area contributed by atoms with Crippen LogP contribution in [0.1, 0.15) is 17.2 Å². The first-order valence-electron chi connectivity index (χ1n) is 5.49. The van der Waals surface area contributed by atoms with E-state index < -0.39 is 0 Å². The van der Waals surface area contributed by atoms with Gasteiger partial charge in [0.25, 0.3) is 0 Å². The predicted molar refractivity (Wildman–Crippen MR) is 77.2 cm³/mol. The molecule has 0 aliphatic carbocycles. The molecule has 0 amide bonds. The number of nitrogens with zero attached hydrogens (tertiary/aromatic N) is 2. The minimum atomic E-state index is 0.130. The maximum atomic E-state index is 8.93. The second-order valence-electron chi connectivity index (χ2n) is 3.69. The molecule has 0 fully saturated rings. The van der Waals surface area contributed by atoms with Gasteiger partial charge in [-0.25, -0.2) is 4.98 Å². The summed E-state index contributed by atoms with van der Waals surface area (Å²) in [6.07, 6.45) is 2.25. The summed E-state index contributed by atoms with van der Waals surface area (Å²) in [5.41, 5.74) is 1.16. The van der Waals surface area contributed by atoms with Gasteiger partial charge in [0.1, 0.15) is 0 Å². The van der Waals surface area contributed by atoms with Crippen molar-refractivity contribution < 1.29 is 0 Å². The largest absolute Gasteiger partial charge is 0.249 e. The lowest BCUT2D eigenvalue weighted by Crippen LogP contribution is -1.93. The molecule has 0 spiro atoms. The van der Waals surface area contributed by atoms with E-state index in [2.05, 4.69) is 27.0 Å². The molecule has 1 unspecified atom stereocenters. The summed E-state index contributed by atoms with van der Waals surface area (Å²) in [6.45, 7) is 0. The molecule has 1 aromatic heterocycles. The predicted octanol–water partition coefficient (Wildman–Crippen LogP) is 4.59. The highest BCUT2D eigenvalue weighted by Crippen LogP contribution is 2.36. The minimum Gasteiger partial charge on any atom is -0.249 e. The Bertz CT molecular complexity index is 534. The van der Waals surface area contributed by atoms with Crippen LogP contribution in [-0.2, 0) is 0 Å². The lowest BCUT2D eigenvalue weighted by Gasteiger charge is -2.12. The topological polar surface area (TPSA) is 36.7 Å². The fourth-order valence-electron chi connectivity index (χ4n) is 1.56. The molecule has 0 saturated heterocycles. The third-order valence-electron chi connectivity index (χ3n) is 2.41. The molecule has 2 nitrogen and oxygen atoms in total. The third kappa shape index (κ3) is 3.59. The molecule has 2 rings (SSSR count). The number of hydrogen-bond acceptors (Lipinski definition) is 3. The van der Waals surface area contributed by atoms with Gasteiger partial charge in [0.05, 0.1) is 17.5 Å². The number of aromatic nitrogens is 1. The maximum Gasteiger partial charge on any atom is 0.0966 e. The van der Waals surface area contributed by atoms with Crippen LogP contribution >= 0.6 is 27.7 Å². The average molecular weight is 319 g/mol. The Hall–Kier alpha value is -1.31. The van der Waals surface area contributed by atoms with Crippen molar-refractivity contribution >= 4 is 27.7 Å². The number of rotatable bonds is 4. The van der Waals surface area contributed by atoms with Crippen molar-refractivity contribution in [2.24, 2.45) is 0 Å². The van der Waals surface area contributed by atoms with Crippen molar-refractivity contribution in [3.8, 4) is 6.07 Å². The second-order valence-corrected chi connectivity index (χ2v) is 5.83. The molecule has 0 N–H and O–H groups in total. The lowest BCUT2D eigenvalue weighted by atomic mass is 10.1. The van der Waals surface area contributed by atoms with Gasteiger partial charge < -0.3 is 0 Å². The van der Waals surface area contributed by atoms with E-state index in [0.29, 0.717) is 6.42 Å². The van der Waals surface area contributed by atoms with Crippen LogP contribution in [0.15, 0.2) is 58.2 Å². The quantitative estimate of drug-likeness (QED) is 0.773. The smallest absolute Gasteiger partial charge is 0.0966 e. The van der Waals surface area contributed by atoms with E-state index in [1.54, 1.807) is 18.0 Å². The normalized spacial score (nSPS) is 11.8. The Balaban J connectivity index is 2.17. The molecule has 0 radical (unpaired) electrons. The van der Waals surface area contributed by atoms with Gasteiger partial charge in [-0.1, -0.05) is 42.1 Å². The van der Waals surface area contributed by atoms with E-state index in [4.69, 9.17) is 5.26 Å². The zero-order valence-electron chi connectivity index (χ0n) is 9.58. The van der Waals surface area contributed by atoms with Crippen LogP contribution in [0.4, 0.5) is 0 Å². The van der Waals surface area contributed by atoms with E-state index >= 15 is 0 Å². The summed E-state index contributed by atoms with van der Waals surface area (Å²) in [4.78, 5) is 4.33. The lowest BCUT2D eigenvalue weighted by molar-refractivity contribution is 0.968. The Morgan fingerprint density at radius 2 is 2.00 bits per heavy atom. The first-order valence-corrected chi connectivity index (χ1v) is 7.17. The van der Waals surface area contributed by atoms with Gasteiger partial charge >= 0.3 is 0 Å². The summed E-state index contributed by atoms with van der Waals surface area (Å²) in [6, 6.07) is 16.2. The van der Waals surface area contributed by atoms with Crippen LogP contribution in [0.3, 0.4) is 0 Å². The van der Waals surface area contributed by atoms with E-state index in [1.165, 1.54) is 0 Å². The van der Waals surface area contributed by atoms with Crippen molar-refractivity contribution in [1.29, 1.82) is 5.26 Å². The summed E-state index contributed by atoms with van der Waals surface area (Å²) in [5, 5.41) is 9.99. The number of hydrogen-bond donors (Lipinski definition) is 0. The molecule has 1 heterocycles. The molecule has 1 aromatic carbocycles. The van der Waals surface area contributed by atoms with Crippen molar-refractivity contribution in [2.45, 2.75) is 16.7 Å². The molecule has 0 bridgehead atoms. The van der Waals surface area contributed by atoms with Crippen LogP contribution in [0.5, 0.6) is 0 Å². The first-order chi connectivity index (χ1) is 8.79. The molecule has 1 atom stereocenters. The Labute approximate surface area is 119 Å². The summed E-state index contributed by atoms with van der Waals surface area (Å²) < 4.78 is 0.961. The fraction of sp³-hybridized carbons (Fsp3) is 0.143. The average Bonchev–Trinajstić information content (AvgIpc) is 2.42. The van der Waals surface area contributed by atoms with Gasteiger partial charge in [-0.15, -0.1) is 0 Å². The highest BCUT2D eigenvalue weighted by molar-refractivity contribution is 9.10. The van der Waals surface area contributed by atoms with Crippen LogP contribution in [0.2, 0.25) is 0 Å². The van der Waals surface area contributed by atoms with E-state index in [1.807, 2.05) is 42.5 Å². The van der Waals surface area contributed by atoms with Gasteiger partial charge in [-0.2, -0.15) is 5.26 Å². The standard InChI is InChI=1S/C14H11BrN2S/c15-12-6-7-14(17-10-12)18-13(8-9-16)11-4-2-1-3-5-11/h1-7,10,13H,8H2. The molecule has 0 aliphatic rings. The van der Waals surface area contributed by atoms with E-state index in [9.17, 15) is 0 Å². The molecular formula is C14H11BrN2S. The molecule has 90 valence electrons. The minimum absolute atomic E-state index is 0.130. The van der Waals surface area contributed by atoms with Crippen LogP contribution < -0.4 is 0 Å². The highest BCUT2D eigenvalue weighted by Gasteiger charge is 2.13. The highest BCUT2D eigenvalue weighted by atomic mass is 79.9. The number of benzene rings is 1. The maximum absolute atomic E-state index is 8.93. The molecule has 4 heteroatoms. The van der Waals surface area contributed by atoms with E-state index in [-0.39, 0.29) is 5.25 Å². The van der Waals surface area contributed by atoms with Gasteiger partial charge in [0, 0.05) is 15.9 Å². The Morgan fingerprint density at radius 1 is 1.22 bits per heavy atom. The fourth-order valence-corrected chi connectivity index (χ4v) is 2.79. The van der Waals surface area contributed by atoms with Crippen molar-refractivity contribution in [3.05, 3.63) is 58.7 Å². The van der Waals surface area contributed by atoms with Crippen LogP contribution in [-0.4, -0.2) is 4.98 Å². The van der Waals surface area contributed by atoms with Crippen LogP contribution in [0.25, 0.3) is 0 Å². The number of halogens is 1. The van der Waals surface area contributed by atoms with Crippen LogP contribution in [0, 0.1) is 11.3 Å². The zero-order chi connectivity index (χ0) is 12.8. The summed E-state index contributed by atoms with van der Waals surface area (Å²) in [7, 11) is 0. The van der Waals surface area contributed by atoms with Crippen molar-refractivity contribution in [1.82, 2.24) is 4.98 Å². The van der Waals surface area contributed by atoms with Gasteiger partial charge in [-0.3, -0.25) is 0 Å². The Morgan fingerprint density at radius 3 is 2.61 bits per heavy atom. The Kier molecular flexibility index (Phi) is 4.80. The second kappa shape index (κ2) is 6.58. The summed E-state index contributed by atoms with van der Waals surface area (Å²) >= 11 is 4.98. The molecule has 0 saturated carbocycles. The molecule has 2 aromatic rings. The van der Waals surface area contributed by atoms with E-state index in [0.717, 1.165) is 15.1 Å². The first kappa shape index (κ1) is 13.1. The van der Waals surface area contributed by atoms with Gasteiger partial charge in [0.15, 0.2) is 0 Å². The van der Waals surface area contributed by atoms with Crippen molar-refractivity contribution in [2.75, 3.05) is 0 Å². The molecule has 0 aliphatic heterocycles. The van der Waals surface area contributed by atoms with Crippen molar-refractivity contribution in [3.63, 3.8) is 0 Å². The number of pyridine rings is 1. The van der Waals surface area contributed by atoms with Gasteiger partial charge in [-0.05, 0) is 33.6 Å². The molecule has 18 heavy (non-hydrogen) atoms. The monoisotopic (exact) mass is 318 g/mol. The third-order valence-corrected chi connectivity index (χ3v) is 4.09. The number of nitriles is 1.